The van der Waals surface area contributed by atoms with Gasteiger partial charge in [0, 0.05) is 25.4 Å². The second kappa shape index (κ2) is 11.1. The summed E-state index contributed by atoms with van der Waals surface area (Å²) in [7, 11) is 3.10. The van der Waals surface area contributed by atoms with E-state index >= 15 is 0 Å². The number of nitrogens with one attached hydrogen (secondary N) is 1. The van der Waals surface area contributed by atoms with Gasteiger partial charge in [0.15, 0.2) is 11.5 Å². The topological polar surface area (TPSA) is 78.8 Å². The lowest BCUT2D eigenvalue weighted by atomic mass is 10.1. The SMILES string of the molecule is COc1ccc(C=C(C(=O)NCCCOC(C)C)n2ccccc2=O)cc1OC. The smallest absolute Gasteiger partial charge is 0.268 e. The van der Waals surface area contributed by atoms with E-state index in [2.05, 4.69) is 5.32 Å². The third kappa shape index (κ3) is 6.50. The Hall–Kier alpha value is -3.06. The van der Waals surface area contributed by atoms with Crippen LogP contribution in [0.1, 0.15) is 25.8 Å². The summed E-state index contributed by atoms with van der Waals surface area (Å²) in [5.41, 5.74) is 0.622. The van der Waals surface area contributed by atoms with E-state index in [0.29, 0.717) is 36.6 Å². The zero-order chi connectivity index (χ0) is 21.2. The van der Waals surface area contributed by atoms with Gasteiger partial charge in [0.25, 0.3) is 11.5 Å². The highest BCUT2D eigenvalue weighted by Gasteiger charge is 2.14. The Kier molecular flexibility index (Phi) is 8.48. The molecule has 7 heteroatoms. The molecule has 1 N–H and O–H groups in total. The van der Waals surface area contributed by atoms with E-state index in [1.165, 1.54) is 10.6 Å². The van der Waals surface area contributed by atoms with Gasteiger partial charge in [-0.05, 0) is 50.1 Å². The first-order valence-electron chi connectivity index (χ1n) is 9.48. The maximum absolute atomic E-state index is 12.8. The van der Waals surface area contributed by atoms with Crippen molar-refractivity contribution in [3.05, 3.63) is 58.5 Å². The number of carbonyl (C=O) groups excluding carboxylic acids is 1. The summed E-state index contributed by atoms with van der Waals surface area (Å²) in [5, 5.41) is 2.85. The number of ether oxygens (including phenoxy) is 3. The van der Waals surface area contributed by atoms with E-state index in [-0.39, 0.29) is 23.3 Å². The Morgan fingerprint density at radius 3 is 2.55 bits per heavy atom. The van der Waals surface area contributed by atoms with Crippen LogP contribution in [-0.2, 0) is 9.53 Å². The summed E-state index contributed by atoms with van der Waals surface area (Å²) in [6.07, 6.45) is 4.03. The first-order chi connectivity index (χ1) is 14.0. The summed E-state index contributed by atoms with van der Waals surface area (Å²) >= 11 is 0. The summed E-state index contributed by atoms with van der Waals surface area (Å²) < 4.78 is 17.4. The van der Waals surface area contributed by atoms with E-state index in [4.69, 9.17) is 14.2 Å². The molecule has 0 aliphatic heterocycles. The largest absolute Gasteiger partial charge is 0.493 e. The van der Waals surface area contributed by atoms with Crippen molar-refractivity contribution >= 4 is 17.7 Å². The highest BCUT2D eigenvalue weighted by Crippen LogP contribution is 2.28. The number of hydrogen-bond acceptors (Lipinski definition) is 5. The lowest BCUT2D eigenvalue weighted by molar-refractivity contribution is -0.116. The van der Waals surface area contributed by atoms with Crippen molar-refractivity contribution in [2.45, 2.75) is 26.4 Å². The molecule has 2 rings (SSSR count). The minimum atomic E-state index is -0.349. The number of amides is 1. The molecule has 0 bridgehead atoms. The van der Waals surface area contributed by atoms with Crippen LogP contribution in [0.4, 0.5) is 0 Å². The number of benzene rings is 1. The van der Waals surface area contributed by atoms with E-state index in [1.807, 2.05) is 13.8 Å². The summed E-state index contributed by atoms with van der Waals surface area (Å²) in [6, 6.07) is 10.0. The maximum atomic E-state index is 12.8. The Bertz CT molecular complexity index is 902. The first-order valence-corrected chi connectivity index (χ1v) is 9.48. The third-order valence-corrected chi connectivity index (χ3v) is 4.08. The quantitative estimate of drug-likeness (QED) is 0.490. The lowest BCUT2D eigenvalue weighted by Crippen LogP contribution is -2.31. The molecule has 0 radical (unpaired) electrons. The highest BCUT2D eigenvalue weighted by atomic mass is 16.5. The van der Waals surface area contributed by atoms with E-state index < -0.39 is 0 Å². The standard InChI is InChI=1S/C22H28N2O5/c1-16(2)29-13-7-11-23-22(26)18(24-12-6-5-8-21(24)25)14-17-9-10-19(27-3)20(15-17)28-4/h5-6,8-10,12,14-16H,7,11,13H2,1-4H3,(H,23,26). The number of aromatic nitrogens is 1. The average molecular weight is 400 g/mol. The molecule has 1 aromatic carbocycles. The normalized spacial score (nSPS) is 11.4. The van der Waals surface area contributed by atoms with Gasteiger partial charge in [0.1, 0.15) is 5.70 Å². The van der Waals surface area contributed by atoms with Crippen molar-refractivity contribution in [2.24, 2.45) is 0 Å². The monoisotopic (exact) mass is 400 g/mol. The van der Waals surface area contributed by atoms with Crippen LogP contribution >= 0.6 is 0 Å². The molecular formula is C22H28N2O5. The van der Waals surface area contributed by atoms with E-state index in [1.54, 1.807) is 56.8 Å². The van der Waals surface area contributed by atoms with Crippen molar-refractivity contribution in [1.29, 1.82) is 0 Å². The molecule has 7 nitrogen and oxygen atoms in total. The number of nitrogens with zero attached hydrogens (tertiary/aromatic N) is 1. The molecular weight excluding hydrogens is 372 g/mol. The van der Waals surface area contributed by atoms with Crippen LogP contribution in [0.15, 0.2) is 47.4 Å². The third-order valence-electron chi connectivity index (χ3n) is 4.08. The van der Waals surface area contributed by atoms with Crippen LogP contribution in [0.5, 0.6) is 11.5 Å². The molecule has 0 unspecified atom stereocenters. The van der Waals surface area contributed by atoms with Gasteiger partial charge in [0.2, 0.25) is 0 Å². The minimum Gasteiger partial charge on any atom is -0.493 e. The number of methoxy groups -OCH3 is 2. The van der Waals surface area contributed by atoms with Gasteiger partial charge in [-0.25, -0.2) is 0 Å². The average Bonchev–Trinajstić information content (AvgIpc) is 2.71. The van der Waals surface area contributed by atoms with Crippen LogP contribution in [-0.4, -0.2) is 43.9 Å². The predicted octanol–water partition coefficient (Wildman–Crippen LogP) is 2.79. The molecule has 156 valence electrons. The number of carbonyl (C=O) groups is 1. The van der Waals surface area contributed by atoms with Gasteiger partial charge in [0.05, 0.1) is 20.3 Å². The summed E-state index contributed by atoms with van der Waals surface area (Å²) in [5.74, 6) is 0.766. The van der Waals surface area contributed by atoms with Crippen LogP contribution < -0.4 is 20.3 Å². The van der Waals surface area contributed by atoms with Crippen LogP contribution in [0.25, 0.3) is 11.8 Å². The lowest BCUT2D eigenvalue weighted by Gasteiger charge is -2.13. The van der Waals surface area contributed by atoms with Crippen molar-refractivity contribution in [2.75, 3.05) is 27.4 Å². The fraction of sp³-hybridized carbons (Fsp3) is 0.364. The number of hydrogen-bond donors (Lipinski definition) is 1. The fourth-order valence-corrected chi connectivity index (χ4v) is 2.66. The van der Waals surface area contributed by atoms with Gasteiger partial charge < -0.3 is 19.5 Å². The number of pyridine rings is 1. The minimum absolute atomic E-state index is 0.147. The van der Waals surface area contributed by atoms with E-state index in [0.717, 1.165) is 0 Å². The van der Waals surface area contributed by atoms with Crippen LogP contribution in [0, 0.1) is 0 Å². The molecule has 0 atom stereocenters. The Labute approximate surface area is 170 Å². The van der Waals surface area contributed by atoms with Crippen molar-refractivity contribution in [3.63, 3.8) is 0 Å². The number of rotatable bonds is 10. The second-order valence-electron chi connectivity index (χ2n) is 6.58. The van der Waals surface area contributed by atoms with Gasteiger partial charge in [-0.3, -0.25) is 14.2 Å². The van der Waals surface area contributed by atoms with Crippen LogP contribution in [0.2, 0.25) is 0 Å². The Morgan fingerprint density at radius 2 is 1.90 bits per heavy atom. The molecule has 1 heterocycles. The molecule has 29 heavy (non-hydrogen) atoms. The maximum Gasteiger partial charge on any atom is 0.268 e. The second-order valence-corrected chi connectivity index (χ2v) is 6.58. The van der Waals surface area contributed by atoms with Gasteiger partial charge >= 0.3 is 0 Å². The van der Waals surface area contributed by atoms with Gasteiger partial charge in [-0.1, -0.05) is 12.1 Å². The summed E-state index contributed by atoms with van der Waals surface area (Å²) in [4.78, 5) is 25.1. The molecule has 0 saturated carbocycles. The van der Waals surface area contributed by atoms with Crippen molar-refractivity contribution in [3.8, 4) is 11.5 Å². The van der Waals surface area contributed by atoms with Crippen molar-refractivity contribution in [1.82, 2.24) is 9.88 Å². The van der Waals surface area contributed by atoms with Gasteiger partial charge in [-0.15, -0.1) is 0 Å². The molecule has 1 amide bonds. The summed E-state index contributed by atoms with van der Waals surface area (Å²) in [6.45, 7) is 4.92. The molecule has 0 spiro atoms. The van der Waals surface area contributed by atoms with Gasteiger partial charge in [-0.2, -0.15) is 0 Å². The predicted molar refractivity (Wildman–Crippen MR) is 113 cm³/mol. The first kappa shape index (κ1) is 22.2. The van der Waals surface area contributed by atoms with Crippen LogP contribution in [0.3, 0.4) is 0 Å². The Morgan fingerprint density at radius 1 is 1.14 bits per heavy atom. The zero-order valence-corrected chi connectivity index (χ0v) is 17.3. The fourth-order valence-electron chi connectivity index (χ4n) is 2.66. The molecule has 0 saturated heterocycles. The molecule has 2 aromatic rings. The molecule has 1 aromatic heterocycles. The molecule has 0 aliphatic carbocycles. The van der Waals surface area contributed by atoms with Crippen molar-refractivity contribution < 1.29 is 19.0 Å². The van der Waals surface area contributed by atoms with E-state index in [9.17, 15) is 9.59 Å². The molecule has 0 fully saturated rings. The highest BCUT2D eigenvalue weighted by molar-refractivity contribution is 6.18. The molecule has 0 aliphatic rings. The zero-order valence-electron chi connectivity index (χ0n) is 17.3. The Balaban J connectivity index is 2.29.